The first-order valence-corrected chi connectivity index (χ1v) is 4.02. The third-order valence-electron chi connectivity index (χ3n) is 2.62. The molecule has 2 nitrogen and oxygen atoms in total. The van der Waals surface area contributed by atoms with Crippen LogP contribution in [-0.4, -0.2) is 31.6 Å². The number of nitrogens with one attached hydrogen (secondary N) is 2. The van der Waals surface area contributed by atoms with Crippen molar-refractivity contribution in [1.82, 2.24) is 10.6 Å². The van der Waals surface area contributed by atoms with E-state index in [9.17, 15) is 8.78 Å². The Morgan fingerprint density at radius 1 is 1.27 bits per heavy atom. The molecule has 0 aromatic carbocycles. The molecule has 11 heavy (non-hydrogen) atoms. The van der Waals surface area contributed by atoms with Gasteiger partial charge < -0.3 is 10.6 Å². The van der Waals surface area contributed by atoms with Gasteiger partial charge in [-0.3, -0.25) is 0 Å². The molecular weight excluding hydrogens is 150 g/mol. The van der Waals surface area contributed by atoms with E-state index in [4.69, 9.17) is 0 Å². The van der Waals surface area contributed by atoms with Gasteiger partial charge in [-0.05, 0) is 0 Å². The van der Waals surface area contributed by atoms with E-state index in [2.05, 4.69) is 10.6 Å². The van der Waals surface area contributed by atoms with Crippen LogP contribution in [0.15, 0.2) is 0 Å². The Morgan fingerprint density at radius 3 is 2.82 bits per heavy atom. The third kappa shape index (κ3) is 1.14. The number of alkyl halides is 2. The monoisotopic (exact) mass is 162 g/mol. The molecule has 0 saturated carbocycles. The fourth-order valence-corrected chi connectivity index (χ4v) is 1.95. The van der Waals surface area contributed by atoms with Crippen LogP contribution < -0.4 is 10.6 Å². The lowest BCUT2D eigenvalue weighted by molar-refractivity contribution is -0.0814. The first-order chi connectivity index (χ1) is 5.20. The molecule has 0 aromatic rings. The Morgan fingerprint density at radius 2 is 2.09 bits per heavy atom. The first-order valence-electron chi connectivity index (χ1n) is 4.02. The van der Waals surface area contributed by atoms with Gasteiger partial charge in [0.2, 0.25) is 0 Å². The van der Waals surface area contributed by atoms with Crippen LogP contribution in [0, 0.1) is 5.92 Å². The van der Waals surface area contributed by atoms with Gasteiger partial charge in [-0.25, -0.2) is 8.78 Å². The quantitative estimate of drug-likeness (QED) is 0.532. The van der Waals surface area contributed by atoms with Crippen LogP contribution in [0.1, 0.15) is 6.42 Å². The normalized spacial score (nSPS) is 42.0. The van der Waals surface area contributed by atoms with E-state index in [1.54, 1.807) is 0 Å². The van der Waals surface area contributed by atoms with Crippen molar-refractivity contribution in [2.45, 2.75) is 18.4 Å². The molecule has 2 unspecified atom stereocenters. The smallest absolute Gasteiger partial charge is 0.254 e. The van der Waals surface area contributed by atoms with Crippen molar-refractivity contribution in [3.05, 3.63) is 0 Å². The van der Waals surface area contributed by atoms with Gasteiger partial charge in [-0.1, -0.05) is 0 Å². The van der Waals surface area contributed by atoms with Crippen LogP contribution in [-0.2, 0) is 0 Å². The van der Waals surface area contributed by atoms with Crippen molar-refractivity contribution >= 4 is 0 Å². The number of hydrogen-bond donors (Lipinski definition) is 2. The van der Waals surface area contributed by atoms with E-state index in [0.29, 0.717) is 19.6 Å². The lowest BCUT2D eigenvalue weighted by atomic mass is 9.90. The van der Waals surface area contributed by atoms with Crippen molar-refractivity contribution in [2.75, 3.05) is 19.6 Å². The first kappa shape index (κ1) is 7.43. The van der Waals surface area contributed by atoms with Crippen LogP contribution in [0.4, 0.5) is 8.78 Å². The van der Waals surface area contributed by atoms with Gasteiger partial charge in [-0.2, -0.15) is 0 Å². The average Bonchev–Trinajstić information content (AvgIpc) is 2.34. The van der Waals surface area contributed by atoms with Crippen molar-refractivity contribution in [2.24, 2.45) is 5.92 Å². The maximum Gasteiger partial charge on any atom is 0.254 e. The molecule has 2 rings (SSSR count). The zero-order valence-corrected chi connectivity index (χ0v) is 6.24. The SMILES string of the molecule is FC1(F)CCNC2CNCC21. The Hall–Kier alpha value is -0.220. The maximum absolute atomic E-state index is 13.1. The maximum atomic E-state index is 13.1. The van der Waals surface area contributed by atoms with E-state index in [-0.39, 0.29) is 12.5 Å². The molecule has 0 bridgehead atoms. The van der Waals surface area contributed by atoms with Crippen molar-refractivity contribution in [3.8, 4) is 0 Å². The second-order valence-corrected chi connectivity index (χ2v) is 3.34. The van der Waals surface area contributed by atoms with Crippen molar-refractivity contribution in [1.29, 1.82) is 0 Å². The van der Waals surface area contributed by atoms with Gasteiger partial charge >= 0.3 is 0 Å². The molecule has 2 aliphatic heterocycles. The summed E-state index contributed by atoms with van der Waals surface area (Å²) < 4.78 is 26.2. The summed E-state index contributed by atoms with van der Waals surface area (Å²) in [6.45, 7) is 1.61. The molecule has 4 heteroatoms. The van der Waals surface area contributed by atoms with E-state index < -0.39 is 11.8 Å². The molecule has 0 radical (unpaired) electrons. The summed E-state index contributed by atoms with van der Waals surface area (Å²) in [5.74, 6) is -2.92. The van der Waals surface area contributed by atoms with Gasteiger partial charge in [0.1, 0.15) is 0 Å². The largest absolute Gasteiger partial charge is 0.315 e. The lowest BCUT2D eigenvalue weighted by Crippen LogP contribution is -2.51. The minimum absolute atomic E-state index is 0.00116. The molecule has 2 heterocycles. The minimum Gasteiger partial charge on any atom is -0.315 e. The minimum atomic E-state index is -2.45. The highest BCUT2D eigenvalue weighted by Crippen LogP contribution is 2.34. The zero-order valence-electron chi connectivity index (χ0n) is 6.24. The van der Waals surface area contributed by atoms with Gasteiger partial charge in [0, 0.05) is 32.1 Å². The number of hydrogen-bond acceptors (Lipinski definition) is 2. The predicted octanol–water partition coefficient (Wildman–Crippen LogP) is 0.203. The number of halogens is 2. The highest BCUT2D eigenvalue weighted by Gasteiger charge is 2.48. The molecule has 2 atom stereocenters. The molecule has 64 valence electrons. The summed E-state index contributed by atoms with van der Waals surface area (Å²) in [6, 6.07) is -0.00116. The second kappa shape index (κ2) is 2.38. The zero-order chi connectivity index (χ0) is 7.90. The predicted molar refractivity (Wildman–Crippen MR) is 37.7 cm³/mol. The van der Waals surface area contributed by atoms with E-state index in [1.807, 2.05) is 0 Å². The molecule has 0 spiro atoms. The highest BCUT2D eigenvalue weighted by molar-refractivity contribution is 4.98. The Labute approximate surface area is 64.3 Å². The van der Waals surface area contributed by atoms with Gasteiger partial charge in [0.25, 0.3) is 5.92 Å². The molecule has 2 N–H and O–H groups in total. The lowest BCUT2D eigenvalue weighted by Gasteiger charge is -2.33. The Kier molecular flexibility index (Phi) is 1.61. The van der Waals surface area contributed by atoms with Crippen LogP contribution >= 0.6 is 0 Å². The summed E-state index contributed by atoms with van der Waals surface area (Å²) in [6.07, 6.45) is -0.00412. The second-order valence-electron chi connectivity index (χ2n) is 3.34. The van der Waals surface area contributed by atoms with Crippen LogP contribution in [0.3, 0.4) is 0 Å². The Bertz CT molecular complexity index is 161. The molecular formula is C7H12F2N2. The van der Waals surface area contributed by atoms with Crippen LogP contribution in [0.25, 0.3) is 0 Å². The van der Waals surface area contributed by atoms with Crippen molar-refractivity contribution in [3.63, 3.8) is 0 Å². The van der Waals surface area contributed by atoms with Crippen LogP contribution in [0.2, 0.25) is 0 Å². The number of piperidine rings is 1. The standard InChI is InChI=1S/C7H12F2N2/c8-7(9)1-2-11-6-4-10-3-5(6)7/h5-6,10-11H,1-4H2. The summed E-state index contributed by atoms with van der Waals surface area (Å²) in [5, 5.41) is 6.07. The summed E-state index contributed by atoms with van der Waals surface area (Å²) in [5.41, 5.74) is 0. The van der Waals surface area contributed by atoms with Gasteiger partial charge in [-0.15, -0.1) is 0 Å². The molecule has 0 aliphatic carbocycles. The van der Waals surface area contributed by atoms with E-state index >= 15 is 0 Å². The topological polar surface area (TPSA) is 24.1 Å². The molecule has 2 fully saturated rings. The third-order valence-corrected chi connectivity index (χ3v) is 2.62. The molecule has 0 aromatic heterocycles. The summed E-state index contributed by atoms with van der Waals surface area (Å²) in [7, 11) is 0. The number of rotatable bonds is 0. The van der Waals surface area contributed by atoms with E-state index in [0.717, 1.165) is 0 Å². The summed E-state index contributed by atoms with van der Waals surface area (Å²) in [4.78, 5) is 0. The van der Waals surface area contributed by atoms with E-state index in [1.165, 1.54) is 0 Å². The van der Waals surface area contributed by atoms with Gasteiger partial charge in [0.15, 0.2) is 0 Å². The Balaban J connectivity index is 2.13. The fourth-order valence-electron chi connectivity index (χ4n) is 1.95. The van der Waals surface area contributed by atoms with Crippen molar-refractivity contribution < 1.29 is 8.78 Å². The molecule has 2 saturated heterocycles. The fraction of sp³-hybridized carbons (Fsp3) is 1.00. The molecule has 2 aliphatic rings. The molecule has 0 amide bonds. The number of fused-ring (bicyclic) bond motifs is 1. The average molecular weight is 162 g/mol. The van der Waals surface area contributed by atoms with Crippen LogP contribution in [0.5, 0.6) is 0 Å². The highest BCUT2D eigenvalue weighted by atomic mass is 19.3. The summed E-state index contributed by atoms with van der Waals surface area (Å²) >= 11 is 0. The van der Waals surface area contributed by atoms with Gasteiger partial charge in [0.05, 0.1) is 5.92 Å².